The second kappa shape index (κ2) is 20.0. The molecule has 0 aliphatic carbocycles. The van der Waals surface area contributed by atoms with Gasteiger partial charge in [0.05, 0.1) is 21.2 Å². The maximum atomic E-state index is 12.9. The number of ketones is 2. The number of aryl methyl sites for hydroxylation is 4. The summed E-state index contributed by atoms with van der Waals surface area (Å²) < 4.78 is 74.5. The van der Waals surface area contributed by atoms with Gasteiger partial charge in [-0.05, 0) is 89.1 Å². The van der Waals surface area contributed by atoms with Gasteiger partial charge in [-0.1, -0.05) is 47.5 Å². The molecule has 20 heteroatoms. The zero-order chi connectivity index (χ0) is 40.1. The number of benzene rings is 4. The van der Waals surface area contributed by atoms with E-state index in [1.165, 1.54) is 0 Å². The van der Waals surface area contributed by atoms with Crippen LogP contribution in [0.1, 0.15) is 36.1 Å². The first-order valence-electron chi connectivity index (χ1n) is 15.9. The quantitative estimate of drug-likeness (QED) is 0.0775. The molecule has 2 N–H and O–H groups in total. The minimum Gasteiger partial charge on any atom is -0.744 e. The van der Waals surface area contributed by atoms with E-state index in [1.807, 2.05) is 26.0 Å². The van der Waals surface area contributed by atoms with E-state index < -0.39 is 76.6 Å². The monoisotopic (exact) mass is 820 g/mol. The molecule has 0 fully saturated rings. The number of amides is 2. The first kappa shape index (κ1) is 48.3. The number of azo groups is 2. The Balaban J connectivity index is 0.00000541. The van der Waals surface area contributed by atoms with Crippen LogP contribution in [0.25, 0.3) is 11.1 Å². The van der Waals surface area contributed by atoms with Gasteiger partial charge in [0.25, 0.3) is 11.8 Å². The molecule has 4 rings (SSSR count). The standard InChI is InChI=1S/C36H36N6O10S2.2Na/c1-19-7-13-29(21(3)15-19)37-35(45)33(23(5)43)41-39-25-9-11-27(31(17-25)53(47,48)49)28-12-10-26(18-32(28)54(50,51)52)40-42-34(24(6)44)36(46)38-30-14-8-20(2)16-22(30)4;;/h7-18,33-34H,1-6H3,(H,37,45)(H,38,46)(H,47,48,49)(H,50,51,52);;/q;2*+1/p-2. The molecular formula is C36H34N6Na2O10S2. The van der Waals surface area contributed by atoms with Gasteiger partial charge >= 0.3 is 59.1 Å². The molecule has 0 aromatic heterocycles. The van der Waals surface area contributed by atoms with E-state index in [2.05, 4.69) is 31.1 Å². The fourth-order valence-electron chi connectivity index (χ4n) is 5.20. The van der Waals surface area contributed by atoms with Crippen molar-refractivity contribution in [2.24, 2.45) is 20.5 Å². The van der Waals surface area contributed by atoms with Crippen LogP contribution in [0.5, 0.6) is 0 Å². The third-order valence-electron chi connectivity index (χ3n) is 7.88. The van der Waals surface area contributed by atoms with E-state index in [0.29, 0.717) is 11.4 Å². The predicted octanol–water partition coefficient (Wildman–Crippen LogP) is -0.237. The molecule has 4 aromatic carbocycles. The van der Waals surface area contributed by atoms with Crippen LogP contribution in [0, 0.1) is 27.7 Å². The van der Waals surface area contributed by atoms with Crippen molar-refractivity contribution >= 4 is 66.4 Å². The van der Waals surface area contributed by atoms with E-state index >= 15 is 0 Å². The van der Waals surface area contributed by atoms with Crippen molar-refractivity contribution in [1.82, 2.24) is 0 Å². The molecule has 2 unspecified atom stereocenters. The van der Waals surface area contributed by atoms with Crippen molar-refractivity contribution in [3.63, 3.8) is 0 Å². The molecule has 4 aromatic rings. The van der Waals surface area contributed by atoms with Crippen molar-refractivity contribution < 1.29 is 104 Å². The smallest absolute Gasteiger partial charge is 0.744 e. The van der Waals surface area contributed by atoms with E-state index in [-0.39, 0.29) is 70.5 Å². The first-order chi connectivity index (χ1) is 25.1. The molecule has 0 saturated carbocycles. The van der Waals surface area contributed by atoms with E-state index in [9.17, 15) is 45.1 Å². The molecule has 0 radical (unpaired) electrons. The molecule has 56 heavy (non-hydrogen) atoms. The van der Waals surface area contributed by atoms with Crippen LogP contribution in [0.2, 0.25) is 0 Å². The molecule has 282 valence electrons. The van der Waals surface area contributed by atoms with Crippen LogP contribution in [0.15, 0.2) is 103 Å². The Morgan fingerprint density at radius 3 is 1.18 bits per heavy atom. The number of Topliss-reactive ketones (excluding diaryl/α,β-unsaturated/α-hetero) is 2. The molecular weight excluding hydrogens is 787 g/mol. The largest absolute Gasteiger partial charge is 1.00 e. The topological polar surface area (TPSA) is 256 Å². The fourth-order valence-corrected chi connectivity index (χ4v) is 6.63. The Kier molecular flexibility index (Phi) is 17.3. The number of hydrogen-bond donors (Lipinski definition) is 2. The summed E-state index contributed by atoms with van der Waals surface area (Å²) in [6.07, 6.45) is 0. The maximum absolute atomic E-state index is 12.9. The molecule has 2 atom stereocenters. The van der Waals surface area contributed by atoms with Gasteiger partial charge in [0.15, 0.2) is 11.6 Å². The van der Waals surface area contributed by atoms with E-state index in [4.69, 9.17) is 0 Å². The normalized spacial score (nSPS) is 12.6. The number of carbonyl (C=O) groups is 4. The van der Waals surface area contributed by atoms with Crippen LogP contribution in [0.4, 0.5) is 22.7 Å². The molecule has 0 saturated heterocycles. The van der Waals surface area contributed by atoms with Gasteiger partial charge in [0.1, 0.15) is 20.2 Å². The summed E-state index contributed by atoms with van der Waals surface area (Å²) in [5, 5.41) is 20.3. The summed E-state index contributed by atoms with van der Waals surface area (Å²) >= 11 is 0. The molecule has 0 heterocycles. The zero-order valence-electron chi connectivity index (χ0n) is 31.8. The third kappa shape index (κ3) is 12.6. The Labute approximate surface area is 368 Å². The Morgan fingerprint density at radius 2 is 0.893 bits per heavy atom. The molecule has 0 aliphatic heterocycles. The Hall–Kier alpha value is -3.82. The Bertz CT molecular complexity index is 2300. The number of hydrogen-bond acceptors (Lipinski definition) is 14. The van der Waals surface area contributed by atoms with Gasteiger partial charge in [0, 0.05) is 22.5 Å². The van der Waals surface area contributed by atoms with Gasteiger partial charge in [-0.2, -0.15) is 20.5 Å². The van der Waals surface area contributed by atoms with Crippen molar-refractivity contribution in [2.75, 3.05) is 10.6 Å². The van der Waals surface area contributed by atoms with Crippen molar-refractivity contribution in [1.29, 1.82) is 0 Å². The summed E-state index contributed by atoms with van der Waals surface area (Å²) in [6.45, 7) is 9.41. The summed E-state index contributed by atoms with van der Waals surface area (Å²) in [6, 6.07) is 12.8. The summed E-state index contributed by atoms with van der Waals surface area (Å²) in [5.74, 6) is -3.06. The number of carbonyl (C=O) groups excluding carboxylic acids is 4. The van der Waals surface area contributed by atoms with Crippen molar-refractivity contribution in [3.8, 4) is 11.1 Å². The molecule has 0 spiro atoms. The minimum atomic E-state index is -5.39. The van der Waals surface area contributed by atoms with Gasteiger partial charge in [-0.3, -0.25) is 19.2 Å². The average molecular weight is 821 g/mol. The second-order valence-electron chi connectivity index (χ2n) is 12.3. The summed E-state index contributed by atoms with van der Waals surface area (Å²) in [5.41, 5.74) is 2.54. The van der Waals surface area contributed by atoms with Crippen LogP contribution < -0.4 is 69.7 Å². The van der Waals surface area contributed by atoms with E-state index in [1.54, 1.807) is 38.1 Å². The van der Waals surface area contributed by atoms with Crippen LogP contribution in [0.3, 0.4) is 0 Å². The van der Waals surface area contributed by atoms with Crippen LogP contribution >= 0.6 is 0 Å². The minimum absolute atomic E-state index is 0. The van der Waals surface area contributed by atoms with Crippen molar-refractivity contribution in [3.05, 3.63) is 95.1 Å². The summed E-state index contributed by atoms with van der Waals surface area (Å²) in [7, 11) is -10.8. The third-order valence-corrected chi connectivity index (χ3v) is 9.64. The van der Waals surface area contributed by atoms with Crippen LogP contribution in [-0.2, 0) is 39.4 Å². The number of nitrogens with zero attached hydrogens (tertiary/aromatic N) is 4. The second-order valence-corrected chi connectivity index (χ2v) is 15.0. The molecule has 0 aliphatic rings. The molecule has 0 bridgehead atoms. The molecule has 16 nitrogen and oxygen atoms in total. The van der Waals surface area contributed by atoms with Crippen molar-refractivity contribution in [2.45, 2.75) is 63.4 Å². The van der Waals surface area contributed by atoms with Gasteiger partial charge in [0.2, 0.25) is 12.1 Å². The Morgan fingerprint density at radius 1 is 0.554 bits per heavy atom. The van der Waals surface area contributed by atoms with Gasteiger partial charge in [-0.15, -0.1) is 0 Å². The van der Waals surface area contributed by atoms with E-state index in [0.717, 1.165) is 72.5 Å². The predicted molar refractivity (Wildman–Crippen MR) is 195 cm³/mol. The van der Waals surface area contributed by atoms with Gasteiger partial charge in [-0.25, -0.2) is 16.8 Å². The number of anilines is 2. The first-order valence-corrected chi connectivity index (χ1v) is 18.8. The van der Waals surface area contributed by atoms with Gasteiger partial charge < -0.3 is 19.7 Å². The fraction of sp³-hybridized carbons (Fsp3) is 0.222. The number of rotatable bonds is 13. The summed E-state index contributed by atoms with van der Waals surface area (Å²) in [4.78, 5) is 48.4. The average Bonchev–Trinajstić information content (AvgIpc) is 3.06. The SMILES string of the molecule is CC(=O)C(N=Nc1ccc(-c2ccc(N=NC(C(C)=O)C(=O)Nc3ccc(C)cc3C)cc2S(=O)(=O)[O-])c(S(=O)(=O)[O-])c1)C(=O)Nc1ccc(C)cc1C.[Na+].[Na+]. The maximum Gasteiger partial charge on any atom is 1.00 e. The zero-order valence-corrected chi connectivity index (χ0v) is 37.4. The molecule has 2 amide bonds. The van der Waals surface area contributed by atoms with Crippen LogP contribution in [-0.4, -0.2) is 61.4 Å². The number of nitrogens with one attached hydrogen (secondary N) is 2.